The normalized spacial score (nSPS) is 44.7. The third-order valence-electron chi connectivity index (χ3n) is 5.56. The van der Waals surface area contributed by atoms with Crippen molar-refractivity contribution >= 4 is 6.09 Å². The lowest BCUT2D eigenvalue weighted by Crippen LogP contribution is -2.66. The summed E-state index contributed by atoms with van der Waals surface area (Å²) in [5.41, 5.74) is -0.357. The van der Waals surface area contributed by atoms with Gasteiger partial charge in [0.15, 0.2) is 0 Å². The van der Waals surface area contributed by atoms with Crippen molar-refractivity contribution in [1.82, 2.24) is 5.32 Å². The van der Waals surface area contributed by atoms with Gasteiger partial charge in [-0.25, -0.2) is 4.79 Å². The molecule has 0 saturated heterocycles. The average molecular weight is 295 g/mol. The second kappa shape index (κ2) is 4.37. The molecule has 2 N–H and O–H groups in total. The van der Waals surface area contributed by atoms with Gasteiger partial charge in [0.25, 0.3) is 0 Å². The molecule has 0 radical (unpaired) electrons. The van der Waals surface area contributed by atoms with Gasteiger partial charge in [0.1, 0.15) is 5.60 Å². The quantitative estimate of drug-likeness (QED) is 0.822. The highest BCUT2D eigenvalue weighted by Crippen LogP contribution is 2.66. The summed E-state index contributed by atoms with van der Waals surface area (Å²) in [4.78, 5) is 12.2. The van der Waals surface area contributed by atoms with Gasteiger partial charge in [-0.15, -0.1) is 0 Å². The van der Waals surface area contributed by atoms with E-state index in [9.17, 15) is 9.90 Å². The fraction of sp³-hybridized carbons (Fsp3) is 0.941. The number of alkyl carbamates (subject to hydrolysis) is 1. The van der Waals surface area contributed by atoms with Crippen LogP contribution in [0.4, 0.5) is 4.79 Å². The van der Waals surface area contributed by atoms with Gasteiger partial charge >= 0.3 is 6.09 Å². The predicted molar refractivity (Wildman–Crippen MR) is 80.9 cm³/mol. The Kier molecular flexibility index (Phi) is 3.15. The van der Waals surface area contributed by atoms with Crippen molar-refractivity contribution in [3.05, 3.63) is 0 Å². The van der Waals surface area contributed by atoms with Crippen LogP contribution in [0.25, 0.3) is 0 Å². The molecule has 4 saturated carbocycles. The zero-order valence-electron chi connectivity index (χ0n) is 13.8. The molecule has 0 aromatic carbocycles. The minimum Gasteiger partial charge on any atom is -0.444 e. The molecule has 4 rings (SSSR count). The zero-order chi connectivity index (χ0) is 15.5. The second-order valence-electron chi connectivity index (χ2n) is 9.38. The van der Waals surface area contributed by atoms with Crippen molar-refractivity contribution in [3.63, 3.8) is 0 Å². The van der Waals surface area contributed by atoms with Crippen molar-refractivity contribution < 1.29 is 14.6 Å². The highest BCUT2D eigenvalue weighted by Gasteiger charge is 2.62. The molecule has 0 spiro atoms. The smallest absolute Gasteiger partial charge is 0.408 e. The molecule has 0 unspecified atom stereocenters. The van der Waals surface area contributed by atoms with E-state index in [0.717, 1.165) is 32.1 Å². The molecule has 4 aliphatic rings. The van der Waals surface area contributed by atoms with Crippen molar-refractivity contribution in [3.8, 4) is 0 Å². The van der Waals surface area contributed by atoms with Crippen LogP contribution in [0, 0.1) is 16.7 Å². The SMILES string of the molecule is CC(C)(C)OC(=O)N[C@]12C[C@H]3C[C@](C)(C[C@](CO)(C3)C1)C2. The first-order valence-electron chi connectivity index (χ1n) is 8.19. The molecule has 120 valence electrons. The second-order valence-corrected chi connectivity index (χ2v) is 9.38. The summed E-state index contributed by atoms with van der Waals surface area (Å²) < 4.78 is 5.46. The highest BCUT2D eigenvalue weighted by atomic mass is 16.6. The number of rotatable bonds is 2. The number of nitrogens with one attached hydrogen (secondary N) is 1. The Hall–Kier alpha value is -0.770. The summed E-state index contributed by atoms with van der Waals surface area (Å²) in [6, 6.07) is 0. The van der Waals surface area contributed by atoms with Gasteiger partial charge in [-0.05, 0) is 76.0 Å². The first-order chi connectivity index (χ1) is 9.57. The number of hydrogen-bond acceptors (Lipinski definition) is 3. The Balaban J connectivity index is 1.80. The van der Waals surface area contributed by atoms with Gasteiger partial charge in [0.05, 0.1) is 0 Å². The van der Waals surface area contributed by atoms with Crippen LogP contribution < -0.4 is 5.32 Å². The minimum absolute atomic E-state index is 0.0170. The molecule has 4 aliphatic carbocycles. The van der Waals surface area contributed by atoms with Gasteiger partial charge in [0, 0.05) is 12.1 Å². The zero-order valence-corrected chi connectivity index (χ0v) is 13.8. The van der Waals surface area contributed by atoms with Crippen LogP contribution in [0.3, 0.4) is 0 Å². The van der Waals surface area contributed by atoms with Gasteiger partial charge in [-0.2, -0.15) is 0 Å². The van der Waals surface area contributed by atoms with Crippen LogP contribution in [-0.4, -0.2) is 28.9 Å². The molecule has 4 fully saturated rings. The fourth-order valence-corrected chi connectivity index (χ4v) is 5.97. The molecule has 0 heterocycles. The molecule has 1 amide bonds. The summed E-state index contributed by atoms with van der Waals surface area (Å²) >= 11 is 0. The Bertz CT molecular complexity index is 457. The average Bonchev–Trinajstić information content (AvgIpc) is 2.21. The molecule has 21 heavy (non-hydrogen) atoms. The third kappa shape index (κ3) is 2.79. The van der Waals surface area contributed by atoms with E-state index in [1.165, 1.54) is 6.42 Å². The molecule has 0 aromatic heterocycles. The number of amides is 1. The maximum Gasteiger partial charge on any atom is 0.408 e. The number of ether oxygens (including phenoxy) is 1. The van der Waals surface area contributed by atoms with E-state index < -0.39 is 5.60 Å². The summed E-state index contributed by atoms with van der Waals surface area (Å²) in [6.07, 6.45) is 6.14. The lowest BCUT2D eigenvalue weighted by Gasteiger charge is -2.65. The number of carbonyl (C=O) groups excluding carboxylic acids is 1. The Morgan fingerprint density at radius 2 is 1.95 bits per heavy atom. The van der Waals surface area contributed by atoms with Gasteiger partial charge in [-0.1, -0.05) is 6.92 Å². The first kappa shape index (κ1) is 15.1. The number of hydrogen-bond donors (Lipinski definition) is 2. The largest absolute Gasteiger partial charge is 0.444 e. The van der Waals surface area contributed by atoms with Crippen LogP contribution in [0.1, 0.15) is 66.2 Å². The Morgan fingerprint density at radius 3 is 2.52 bits per heavy atom. The predicted octanol–water partition coefficient (Wildman–Crippen LogP) is 3.23. The van der Waals surface area contributed by atoms with E-state index in [0.29, 0.717) is 5.92 Å². The topological polar surface area (TPSA) is 58.6 Å². The van der Waals surface area contributed by atoms with Crippen LogP contribution in [0.5, 0.6) is 0 Å². The molecule has 4 bridgehead atoms. The van der Waals surface area contributed by atoms with Crippen LogP contribution in [0.2, 0.25) is 0 Å². The maximum atomic E-state index is 12.2. The van der Waals surface area contributed by atoms with Crippen molar-refractivity contribution in [1.29, 1.82) is 0 Å². The van der Waals surface area contributed by atoms with E-state index in [1.54, 1.807) is 0 Å². The van der Waals surface area contributed by atoms with E-state index >= 15 is 0 Å². The van der Waals surface area contributed by atoms with Crippen molar-refractivity contribution in [2.45, 2.75) is 77.4 Å². The molecule has 0 aromatic rings. The van der Waals surface area contributed by atoms with Gasteiger partial charge in [0.2, 0.25) is 0 Å². The molecular formula is C17H29NO3. The van der Waals surface area contributed by atoms with Crippen LogP contribution in [-0.2, 0) is 4.74 Å². The summed E-state index contributed by atoms with van der Waals surface area (Å²) in [7, 11) is 0. The summed E-state index contributed by atoms with van der Waals surface area (Å²) in [6.45, 7) is 8.25. The lowest BCUT2D eigenvalue weighted by molar-refractivity contribution is -0.141. The van der Waals surface area contributed by atoms with E-state index in [-0.39, 0.29) is 29.1 Å². The number of carbonyl (C=O) groups is 1. The minimum atomic E-state index is -0.467. The van der Waals surface area contributed by atoms with E-state index in [2.05, 4.69) is 12.2 Å². The molecule has 0 aliphatic heterocycles. The number of aliphatic hydroxyl groups is 1. The number of aliphatic hydroxyl groups excluding tert-OH is 1. The third-order valence-corrected chi connectivity index (χ3v) is 5.56. The summed E-state index contributed by atoms with van der Waals surface area (Å²) in [5, 5.41) is 13.1. The lowest BCUT2D eigenvalue weighted by atomic mass is 9.42. The Labute approximate surface area is 127 Å². The summed E-state index contributed by atoms with van der Waals surface area (Å²) in [5.74, 6) is 0.633. The molecular weight excluding hydrogens is 266 g/mol. The van der Waals surface area contributed by atoms with Crippen LogP contribution >= 0.6 is 0 Å². The van der Waals surface area contributed by atoms with Gasteiger partial charge < -0.3 is 15.2 Å². The fourth-order valence-electron chi connectivity index (χ4n) is 5.97. The monoisotopic (exact) mass is 295 g/mol. The standard InChI is InChI=1S/C17H29NO3/c1-14(2,3)21-13(20)18-17-7-12-5-15(4,9-17)8-16(6-12,10-17)11-19/h12,19H,5-11H2,1-4H3,(H,18,20)/t12-,15+,16+,17-/m0/s1. The molecule has 4 nitrogen and oxygen atoms in total. The van der Waals surface area contributed by atoms with Crippen molar-refractivity contribution in [2.24, 2.45) is 16.7 Å². The van der Waals surface area contributed by atoms with Gasteiger partial charge in [-0.3, -0.25) is 0 Å². The molecule has 4 heteroatoms. The van der Waals surface area contributed by atoms with E-state index in [4.69, 9.17) is 4.74 Å². The van der Waals surface area contributed by atoms with Crippen LogP contribution in [0.15, 0.2) is 0 Å². The Morgan fingerprint density at radius 1 is 1.24 bits per heavy atom. The molecule has 4 atom stereocenters. The van der Waals surface area contributed by atoms with E-state index in [1.807, 2.05) is 20.8 Å². The first-order valence-corrected chi connectivity index (χ1v) is 8.19. The van der Waals surface area contributed by atoms with Crippen molar-refractivity contribution in [2.75, 3.05) is 6.61 Å². The highest BCUT2D eigenvalue weighted by molar-refractivity contribution is 5.69. The maximum absolute atomic E-state index is 12.2.